The second-order valence-corrected chi connectivity index (χ2v) is 8.62. The molecule has 7 nitrogen and oxygen atoms in total. The van der Waals surface area contributed by atoms with Gasteiger partial charge in [0.2, 0.25) is 0 Å². The van der Waals surface area contributed by atoms with Crippen molar-refractivity contribution in [1.82, 2.24) is 14.5 Å². The first-order valence-corrected chi connectivity index (χ1v) is 11.6. The Labute approximate surface area is 207 Å². The third-order valence-corrected chi connectivity index (χ3v) is 6.21. The van der Waals surface area contributed by atoms with Crippen LogP contribution >= 0.6 is 0 Å². The summed E-state index contributed by atoms with van der Waals surface area (Å²) in [6, 6.07) is 6.33. The lowest BCUT2D eigenvalue weighted by atomic mass is 10.0. The molecule has 0 unspecified atom stereocenters. The highest BCUT2D eigenvalue weighted by Crippen LogP contribution is 2.29. The van der Waals surface area contributed by atoms with Gasteiger partial charge in [0.15, 0.2) is 11.6 Å². The molecule has 1 saturated heterocycles. The Morgan fingerprint density at radius 2 is 1.89 bits per heavy atom. The predicted octanol–water partition coefficient (Wildman–Crippen LogP) is 4.50. The summed E-state index contributed by atoms with van der Waals surface area (Å²) in [6.45, 7) is 2.60. The summed E-state index contributed by atoms with van der Waals surface area (Å²) in [6.07, 6.45) is 0.385. The van der Waals surface area contributed by atoms with Gasteiger partial charge >= 0.3 is 5.97 Å². The summed E-state index contributed by atoms with van der Waals surface area (Å²) >= 11 is 0. The van der Waals surface area contributed by atoms with Crippen molar-refractivity contribution < 1.29 is 31.8 Å². The monoisotopic (exact) mass is 515 g/mol. The zero-order valence-electron chi connectivity index (χ0n) is 19.6. The Morgan fingerprint density at radius 3 is 2.57 bits per heavy atom. The summed E-state index contributed by atoms with van der Waals surface area (Å²) in [5, 5.41) is 0. The van der Waals surface area contributed by atoms with Crippen LogP contribution in [0.15, 0.2) is 41.2 Å². The highest BCUT2D eigenvalue weighted by molar-refractivity contribution is 5.94. The van der Waals surface area contributed by atoms with Crippen molar-refractivity contribution in [3.05, 3.63) is 87.0 Å². The summed E-state index contributed by atoms with van der Waals surface area (Å²) in [5.41, 5.74) is -1.18. The fourth-order valence-corrected chi connectivity index (χ4v) is 4.25. The lowest BCUT2D eigenvalue weighted by Crippen LogP contribution is -2.31. The van der Waals surface area contributed by atoms with Crippen molar-refractivity contribution in [3.8, 4) is 11.3 Å². The standard InChI is InChI=1S/C26H21F4N3O4/c1-2-36-26(35)14-8-20(30)24-22(9-14)33(12-15-5-6-37-15)23(32-24)10-13-7-19(29)16(11-18(13)28)21-4-3-17(27)25(34)31-21/h3-4,7-9,11,15H,2,5-6,10,12H2,1H3,(H,31,34)/t15-/m0/s1. The van der Waals surface area contributed by atoms with E-state index in [1.165, 1.54) is 6.07 Å². The normalized spacial score (nSPS) is 15.1. The van der Waals surface area contributed by atoms with Gasteiger partial charge < -0.3 is 19.0 Å². The molecule has 0 aliphatic carbocycles. The maximum Gasteiger partial charge on any atom is 0.338 e. The minimum absolute atomic E-state index is 0.00365. The van der Waals surface area contributed by atoms with Crippen molar-refractivity contribution in [1.29, 1.82) is 0 Å². The number of imidazole rings is 1. The van der Waals surface area contributed by atoms with Crippen LogP contribution in [0.3, 0.4) is 0 Å². The fraction of sp³-hybridized carbons (Fsp3) is 0.269. The second kappa shape index (κ2) is 9.81. The number of H-pyrrole nitrogens is 1. The molecule has 11 heteroatoms. The number of benzene rings is 2. The summed E-state index contributed by atoms with van der Waals surface area (Å²) in [5.74, 6) is -3.90. The third-order valence-electron chi connectivity index (χ3n) is 6.21. The number of nitrogens with one attached hydrogen (secondary N) is 1. The van der Waals surface area contributed by atoms with E-state index in [0.29, 0.717) is 12.1 Å². The van der Waals surface area contributed by atoms with Crippen LogP contribution in [-0.2, 0) is 22.4 Å². The number of fused-ring (bicyclic) bond motifs is 1. The Kier molecular flexibility index (Phi) is 6.55. The van der Waals surface area contributed by atoms with Crippen molar-refractivity contribution >= 4 is 17.0 Å². The minimum atomic E-state index is -1.06. The highest BCUT2D eigenvalue weighted by Gasteiger charge is 2.25. The molecule has 1 fully saturated rings. The van der Waals surface area contributed by atoms with Crippen LogP contribution in [-0.4, -0.2) is 39.8 Å². The molecule has 37 heavy (non-hydrogen) atoms. The quantitative estimate of drug-likeness (QED) is 0.289. The van der Waals surface area contributed by atoms with Crippen LogP contribution in [0, 0.1) is 23.3 Å². The number of esters is 1. The van der Waals surface area contributed by atoms with E-state index in [4.69, 9.17) is 9.47 Å². The molecule has 192 valence electrons. The molecule has 0 amide bonds. The number of nitrogens with zero attached hydrogens (tertiary/aromatic N) is 2. The van der Waals surface area contributed by atoms with Crippen LogP contribution in [0.5, 0.6) is 0 Å². The smallest absolute Gasteiger partial charge is 0.338 e. The number of pyridine rings is 1. The maximum absolute atomic E-state index is 15.1. The number of ether oxygens (including phenoxy) is 2. The van der Waals surface area contributed by atoms with E-state index in [2.05, 4.69) is 9.97 Å². The van der Waals surface area contributed by atoms with E-state index in [1.807, 2.05) is 0 Å². The van der Waals surface area contributed by atoms with Gasteiger partial charge in [0.05, 0.1) is 36.0 Å². The number of hydrogen-bond acceptors (Lipinski definition) is 5. The van der Waals surface area contributed by atoms with Gasteiger partial charge in [-0.3, -0.25) is 4.79 Å². The van der Waals surface area contributed by atoms with Crippen LogP contribution in [0.2, 0.25) is 0 Å². The van der Waals surface area contributed by atoms with E-state index in [1.54, 1.807) is 11.5 Å². The van der Waals surface area contributed by atoms with Gasteiger partial charge in [-0.05, 0) is 55.3 Å². The zero-order chi connectivity index (χ0) is 26.3. The SMILES string of the molecule is CCOC(=O)c1cc(F)c2nc(Cc3cc(F)c(-c4ccc(F)c(=O)[nH]4)cc3F)n(C[C@@H]3CCO3)c2c1. The van der Waals surface area contributed by atoms with Gasteiger partial charge in [0.1, 0.15) is 23.0 Å². The Balaban J connectivity index is 1.56. The Bertz CT molecular complexity index is 1580. The summed E-state index contributed by atoms with van der Waals surface area (Å²) in [4.78, 5) is 30.3. The molecule has 1 aliphatic heterocycles. The molecule has 0 saturated carbocycles. The molecule has 3 heterocycles. The molecule has 0 bridgehead atoms. The zero-order valence-corrected chi connectivity index (χ0v) is 19.6. The lowest BCUT2D eigenvalue weighted by Gasteiger charge is -2.27. The molecule has 2 aromatic heterocycles. The molecule has 1 atom stereocenters. The van der Waals surface area contributed by atoms with Crippen molar-refractivity contribution in [2.75, 3.05) is 13.2 Å². The average Bonchev–Trinajstić information content (AvgIpc) is 3.18. The average molecular weight is 515 g/mol. The molecule has 2 aromatic carbocycles. The second-order valence-electron chi connectivity index (χ2n) is 8.62. The molecule has 0 radical (unpaired) electrons. The first-order chi connectivity index (χ1) is 17.7. The van der Waals surface area contributed by atoms with E-state index >= 15 is 4.39 Å². The van der Waals surface area contributed by atoms with Crippen molar-refractivity contribution in [2.24, 2.45) is 0 Å². The van der Waals surface area contributed by atoms with E-state index in [-0.39, 0.29) is 59.4 Å². The number of halogens is 4. The van der Waals surface area contributed by atoms with Crippen LogP contribution < -0.4 is 5.56 Å². The first-order valence-electron chi connectivity index (χ1n) is 11.6. The molecule has 0 spiro atoms. The number of hydrogen-bond donors (Lipinski definition) is 1. The number of aromatic nitrogens is 3. The van der Waals surface area contributed by atoms with Gasteiger partial charge in [0, 0.05) is 18.6 Å². The summed E-state index contributed by atoms with van der Waals surface area (Å²) in [7, 11) is 0. The molecule has 5 rings (SSSR count). The van der Waals surface area contributed by atoms with E-state index < -0.39 is 34.8 Å². The van der Waals surface area contributed by atoms with Crippen LogP contribution in [0.25, 0.3) is 22.3 Å². The topological polar surface area (TPSA) is 86.2 Å². The first kappa shape index (κ1) is 24.7. The molecular weight excluding hydrogens is 494 g/mol. The molecule has 1 aliphatic rings. The Morgan fingerprint density at radius 1 is 1.11 bits per heavy atom. The highest BCUT2D eigenvalue weighted by atomic mass is 19.1. The van der Waals surface area contributed by atoms with Crippen molar-refractivity contribution in [2.45, 2.75) is 32.4 Å². The van der Waals surface area contributed by atoms with E-state index in [0.717, 1.165) is 36.8 Å². The lowest BCUT2D eigenvalue weighted by molar-refractivity contribution is -0.0589. The van der Waals surface area contributed by atoms with Crippen LogP contribution in [0.1, 0.15) is 35.1 Å². The van der Waals surface area contributed by atoms with Gasteiger partial charge in [-0.25, -0.2) is 27.3 Å². The predicted molar refractivity (Wildman–Crippen MR) is 125 cm³/mol. The third kappa shape index (κ3) is 4.74. The van der Waals surface area contributed by atoms with Gasteiger partial charge in [0.25, 0.3) is 5.56 Å². The largest absolute Gasteiger partial charge is 0.462 e. The van der Waals surface area contributed by atoms with Gasteiger partial charge in [-0.1, -0.05) is 0 Å². The van der Waals surface area contributed by atoms with Crippen LogP contribution in [0.4, 0.5) is 17.6 Å². The molecular formula is C26H21F4N3O4. The summed E-state index contributed by atoms with van der Waals surface area (Å²) < 4.78 is 70.5. The molecule has 1 N–H and O–H groups in total. The van der Waals surface area contributed by atoms with Crippen molar-refractivity contribution in [3.63, 3.8) is 0 Å². The number of carbonyl (C=O) groups excluding carboxylic acids is 1. The van der Waals surface area contributed by atoms with Gasteiger partial charge in [-0.15, -0.1) is 0 Å². The number of rotatable bonds is 7. The Hall–Kier alpha value is -3.99. The van der Waals surface area contributed by atoms with Gasteiger partial charge in [-0.2, -0.15) is 0 Å². The fourth-order valence-electron chi connectivity index (χ4n) is 4.25. The van der Waals surface area contributed by atoms with E-state index in [9.17, 15) is 22.8 Å². The maximum atomic E-state index is 15.1. The minimum Gasteiger partial charge on any atom is -0.462 e. The molecule has 4 aromatic rings. The number of aromatic amines is 1. The number of carbonyl (C=O) groups is 1.